The summed E-state index contributed by atoms with van der Waals surface area (Å²) in [5, 5.41) is 3.29. The quantitative estimate of drug-likeness (QED) is 0.707. The third kappa shape index (κ3) is 7.14. The van der Waals surface area contributed by atoms with Gasteiger partial charge in [0.1, 0.15) is 12.1 Å². The third-order valence-electron chi connectivity index (χ3n) is 4.36. The van der Waals surface area contributed by atoms with Crippen molar-refractivity contribution in [1.29, 1.82) is 0 Å². The van der Waals surface area contributed by atoms with Crippen LogP contribution in [0.3, 0.4) is 0 Å². The monoisotopic (exact) mass is 348 g/mol. The van der Waals surface area contributed by atoms with E-state index in [1.54, 1.807) is 0 Å². The molecule has 0 radical (unpaired) electrons. The second-order valence-corrected chi connectivity index (χ2v) is 7.72. The Labute approximate surface area is 151 Å². The van der Waals surface area contributed by atoms with Crippen molar-refractivity contribution in [3.05, 3.63) is 35.4 Å². The fourth-order valence-electron chi connectivity index (χ4n) is 2.83. The van der Waals surface area contributed by atoms with E-state index in [2.05, 4.69) is 5.32 Å². The highest BCUT2D eigenvalue weighted by molar-refractivity contribution is 5.76. The van der Waals surface area contributed by atoms with E-state index in [0.717, 1.165) is 36.8 Å². The van der Waals surface area contributed by atoms with Gasteiger partial charge in [0.05, 0.1) is 12.2 Å². The molecule has 0 amide bonds. The maximum atomic E-state index is 12.6. The van der Waals surface area contributed by atoms with Gasteiger partial charge in [-0.3, -0.25) is 10.1 Å². The van der Waals surface area contributed by atoms with Gasteiger partial charge in [0.15, 0.2) is 0 Å². The number of hydrogen-bond acceptors (Lipinski definition) is 5. The number of hydrogen-bond donors (Lipinski definition) is 2. The standard InChI is InChI=1S/C20H32N2O3/c1-20(2,3)24-14-18(19(23)25-17-6-4-5-7-17)22-13-16-10-8-15(12-21)9-11-16/h8-11,17-18,22H,4-7,12-14,21H2,1-3H3/t18-/m0/s1. The molecule has 1 fully saturated rings. The minimum Gasteiger partial charge on any atom is -0.461 e. The number of carbonyl (C=O) groups excluding carboxylic acids is 1. The molecule has 5 heteroatoms. The molecule has 1 aliphatic carbocycles. The van der Waals surface area contributed by atoms with Gasteiger partial charge in [0.2, 0.25) is 0 Å². The lowest BCUT2D eigenvalue weighted by molar-refractivity contribution is -0.154. The summed E-state index contributed by atoms with van der Waals surface area (Å²) in [5.74, 6) is -0.213. The molecule has 1 saturated carbocycles. The molecule has 0 aromatic heterocycles. The topological polar surface area (TPSA) is 73.6 Å². The smallest absolute Gasteiger partial charge is 0.325 e. The zero-order valence-corrected chi connectivity index (χ0v) is 15.7. The minimum absolute atomic E-state index is 0.0651. The summed E-state index contributed by atoms with van der Waals surface area (Å²) in [6.07, 6.45) is 4.29. The highest BCUT2D eigenvalue weighted by atomic mass is 16.6. The Bertz CT molecular complexity index is 531. The average molecular weight is 348 g/mol. The highest BCUT2D eigenvalue weighted by Gasteiger charge is 2.27. The van der Waals surface area contributed by atoms with Crippen molar-refractivity contribution in [2.45, 2.75) is 77.3 Å². The number of benzene rings is 1. The zero-order chi connectivity index (χ0) is 18.3. The van der Waals surface area contributed by atoms with Crippen molar-refractivity contribution in [1.82, 2.24) is 5.32 Å². The van der Waals surface area contributed by atoms with E-state index < -0.39 is 6.04 Å². The van der Waals surface area contributed by atoms with Crippen molar-refractivity contribution < 1.29 is 14.3 Å². The minimum atomic E-state index is -0.464. The molecule has 140 valence electrons. The first-order valence-electron chi connectivity index (χ1n) is 9.23. The number of ether oxygens (including phenoxy) is 2. The zero-order valence-electron chi connectivity index (χ0n) is 15.7. The van der Waals surface area contributed by atoms with E-state index in [1.165, 1.54) is 0 Å². The largest absolute Gasteiger partial charge is 0.461 e. The molecule has 1 aromatic carbocycles. The van der Waals surface area contributed by atoms with Gasteiger partial charge in [0.25, 0.3) is 0 Å². The second kappa shape index (κ2) is 9.32. The van der Waals surface area contributed by atoms with Gasteiger partial charge in [-0.15, -0.1) is 0 Å². The van der Waals surface area contributed by atoms with Crippen LogP contribution in [0.5, 0.6) is 0 Å². The maximum Gasteiger partial charge on any atom is 0.325 e. The Morgan fingerprint density at radius 3 is 2.36 bits per heavy atom. The molecule has 0 bridgehead atoms. The first kappa shape index (κ1) is 19.9. The van der Waals surface area contributed by atoms with E-state index in [0.29, 0.717) is 19.7 Å². The van der Waals surface area contributed by atoms with Gasteiger partial charge in [-0.25, -0.2) is 0 Å². The van der Waals surface area contributed by atoms with Gasteiger partial charge in [-0.05, 0) is 57.6 Å². The maximum absolute atomic E-state index is 12.6. The normalized spacial score (nSPS) is 16.8. The first-order chi connectivity index (χ1) is 11.9. The Balaban J connectivity index is 1.92. The Kier molecular flexibility index (Phi) is 7.41. The van der Waals surface area contributed by atoms with E-state index >= 15 is 0 Å². The third-order valence-corrected chi connectivity index (χ3v) is 4.36. The lowest BCUT2D eigenvalue weighted by Crippen LogP contribution is -2.44. The molecule has 0 spiro atoms. The molecule has 5 nitrogen and oxygen atoms in total. The van der Waals surface area contributed by atoms with Crippen molar-refractivity contribution in [2.75, 3.05) is 6.61 Å². The molecule has 1 aliphatic rings. The Hall–Kier alpha value is -1.43. The number of nitrogens with two attached hydrogens (primary N) is 1. The van der Waals surface area contributed by atoms with Crippen molar-refractivity contribution in [3.8, 4) is 0 Å². The van der Waals surface area contributed by atoms with Crippen molar-refractivity contribution in [3.63, 3.8) is 0 Å². The van der Waals surface area contributed by atoms with Gasteiger partial charge in [-0.2, -0.15) is 0 Å². The fraction of sp³-hybridized carbons (Fsp3) is 0.650. The number of nitrogens with one attached hydrogen (secondary N) is 1. The van der Waals surface area contributed by atoms with Crippen LogP contribution in [0.4, 0.5) is 0 Å². The van der Waals surface area contributed by atoms with Gasteiger partial charge < -0.3 is 15.2 Å². The molecule has 0 saturated heterocycles. The van der Waals surface area contributed by atoms with Crippen molar-refractivity contribution >= 4 is 5.97 Å². The Morgan fingerprint density at radius 1 is 1.20 bits per heavy atom. The van der Waals surface area contributed by atoms with Crippen LogP contribution in [0.15, 0.2) is 24.3 Å². The molecular weight excluding hydrogens is 316 g/mol. The lowest BCUT2D eigenvalue weighted by atomic mass is 10.1. The van der Waals surface area contributed by atoms with Crippen LogP contribution in [0.1, 0.15) is 57.6 Å². The summed E-state index contributed by atoms with van der Waals surface area (Å²) in [5.41, 5.74) is 7.53. The molecule has 3 N–H and O–H groups in total. The molecule has 0 unspecified atom stereocenters. The number of carbonyl (C=O) groups is 1. The van der Waals surface area contributed by atoms with Crippen LogP contribution in [0.2, 0.25) is 0 Å². The van der Waals surface area contributed by atoms with Crippen molar-refractivity contribution in [2.24, 2.45) is 5.73 Å². The molecular formula is C20H32N2O3. The SMILES string of the molecule is CC(C)(C)OC[C@H](NCc1ccc(CN)cc1)C(=O)OC1CCCC1. The fourth-order valence-corrected chi connectivity index (χ4v) is 2.83. The number of rotatable bonds is 8. The summed E-state index contributed by atoms with van der Waals surface area (Å²) >= 11 is 0. The molecule has 25 heavy (non-hydrogen) atoms. The number of esters is 1. The summed E-state index contributed by atoms with van der Waals surface area (Å²) in [4.78, 5) is 12.6. The summed E-state index contributed by atoms with van der Waals surface area (Å²) in [6, 6.07) is 7.61. The molecule has 0 aliphatic heterocycles. The molecule has 0 heterocycles. The van der Waals surface area contributed by atoms with Crippen LogP contribution >= 0.6 is 0 Å². The molecule has 2 rings (SSSR count). The van der Waals surface area contributed by atoms with E-state index in [1.807, 2.05) is 45.0 Å². The highest BCUT2D eigenvalue weighted by Crippen LogP contribution is 2.21. The van der Waals surface area contributed by atoms with Crippen LogP contribution in [0.25, 0.3) is 0 Å². The second-order valence-electron chi connectivity index (χ2n) is 7.72. The van der Waals surface area contributed by atoms with E-state index in [-0.39, 0.29) is 17.7 Å². The van der Waals surface area contributed by atoms with Crippen LogP contribution in [0, 0.1) is 0 Å². The molecule has 1 atom stereocenters. The lowest BCUT2D eigenvalue weighted by Gasteiger charge is -2.25. The first-order valence-corrected chi connectivity index (χ1v) is 9.23. The van der Waals surface area contributed by atoms with Gasteiger partial charge >= 0.3 is 5.97 Å². The summed E-state index contributed by atoms with van der Waals surface area (Å²) < 4.78 is 11.5. The molecule has 1 aromatic rings. The predicted molar refractivity (Wildman–Crippen MR) is 99.0 cm³/mol. The summed E-state index contributed by atoms with van der Waals surface area (Å²) in [7, 11) is 0. The summed E-state index contributed by atoms with van der Waals surface area (Å²) in [6.45, 7) is 7.37. The van der Waals surface area contributed by atoms with Crippen LogP contribution in [-0.2, 0) is 27.4 Å². The van der Waals surface area contributed by atoms with E-state index in [9.17, 15) is 4.79 Å². The van der Waals surface area contributed by atoms with Crippen LogP contribution < -0.4 is 11.1 Å². The van der Waals surface area contributed by atoms with Crippen LogP contribution in [-0.4, -0.2) is 30.3 Å². The predicted octanol–water partition coefficient (Wildman–Crippen LogP) is 2.90. The van der Waals surface area contributed by atoms with E-state index in [4.69, 9.17) is 15.2 Å². The van der Waals surface area contributed by atoms with Gasteiger partial charge in [-0.1, -0.05) is 24.3 Å². The van der Waals surface area contributed by atoms with Gasteiger partial charge in [0, 0.05) is 13.1 Å². The average Bonchev–Trinajstić information content (AvgIpc) is 3.07. The Morgan fingerprint density at radius 2 is 1.80 bits per heavy atom.